The van der Waals surface area contributed by atoms with E-state index >= 15 is 0 Å². The first-order valence-corrected chi connectivity index (χ1v) is 6.94. The highest BCUT2D eigenvalue weighted by molar-refractivity contribution is 6.30. The summed E-state index contributed by atoms with van der Waals surface area (Å²) < 4.78 is 0. The lowest BCUT2D eigenvalue weighted by molar-refractivity contribution is 0.312. The number of nitriles is 1. The van der Waals surface area contributed by atoms with E-state index in [-0.39, 0.29) is 0 Å². The second kappa shape index (κ2) is 5.24. The summed E-state index contributed by atoms with van der Waals surface area (Å²) in [7, 11) is 2.08. The van der Waals surface area contributed by atoms with Gasteiger partial charge in [0.2, 0.25) is 0 Å². The molecule has 2 heterocycles. The molecule has 2 aromatic rings. The van der Waals surface area contributed by atoms with Crippen molar-refractivity contribution in [1.29, 1.82) is 5.26 Å². The largest absolute Gasteiger partial charge is 0.302 e. The maximum Gasteiger partial charge on any atom is 0.147 e. The third-order valence-corrected chi connectivity index (χ3v) is 3.97. The number of hydrogen-bond donors (Lipinski definition) is 0. The van der Waals surface area contributed by atoms with E-state index in [1.165, 1.54) is 0 Å². The first kappa shape index (κ1) is 13.1. The second-order valence-corrected chi connectivity index (χ2v) is 5.41. The molecule has 0 fully saturated rings. The Balaban J connectivity index is 2.26. The van der Waals surface area contributed by atoms with E-state index in [0.29, 0.717) is 10.7 Å². The molecule has 3 rings (SSSR count). The molecule has 20 heavy (non-hydrogen) atoms. The van der Waals surface area contributed by atoms with Crippen molar-refractivity contribution in [2.75, 3.05) is 13.6 Å². The highest BCUT2D eigenvalue weighted by atomic mass is 35.5. The average Bonchev–Trinajstić information content (AvgIpc) is 2.48. The van der Waals surface area contributed by atoms with Crippen LogP contribution in [0.25, 0.3) is 11.3 Å². The minimum atomic E-state index is 0.314. The lowest BCUT2D eigenvalue weighted by Gasteiger charge is -2.27. The van der Waals surface area contributed by atoms with Crippen LogP contribution < -0.4 is 0 Å². The van der Waals surface area contributed by atoms with E-state index in [1.54, 1.807) is 0 Å². The van der Waals surface area contributed by atoms with E-state index in [4.69, 9.17) is 11.6 Å². The molecule has 0 bridgehead atoms. The fourth-order valence-corrected chi connectivity index (χ4v) is 2.93. The minimum absolute atomic E-state index is 0.314. The van der Waals surface area contributed by atoms with Crippen LogP contribution in [-0.4, -0.2) is 23.5 Å². The normalized spacial score (nSPS) is 14.7. The van der Waals surface area contributed by atoms with Gasteiger partial charge in [0.05, 0.1) is 11.3 Å². The topological polar surface area (TPSA) is 39.9 Å². The van der Waals surface area contributed by atoms with Crippen LogP contribution >= 0.6 is 11.6 Å². The third kappa shape index (κ3) is 2.18. The maximum absolute atomic E-state index is 9.31. The first-order valence-electron chi connectivity index (χ1n) is 6.56. The Bertz CT molecular complexity index is 689. The van der Waals surface area contributed by atoms with Gasteiger partial charge in [0.25, 0.3) is 0 Å². The zero-order chi connectivity index (χ0) is 14.1. The fourth-order valence-electron chi connectivity index (χ4n) is 2.69. The SMILES string of the molecule is CN1CCc2c(C#N)c(Cl)nc(-c3ccccc3)c2C1. The van der Waals surface area contributed by atoms with Crippen molar-refractivity contribution in [3.05, 3.63) is 52.2 Å². The third-order valence-electron chi connectivity index (χ3n) is 3.70. The Morgan fingerprint density at radius 1 is 1.25 bits per heavy atom. The lowest BCUT2D eigenvalue weighted by atomic mass is 9.92. The summed E-state index contributed by atoms with van der Waals surface area (Å²) >= 11 is 6.21. The smallest absolute Gasteiger partial charge is 0.147 e. The van der Waals surface area contributed by atoms with Crippen molar-refractivity contribution >= 4 is 11.6 Å². The van der Waals surface area contributed by atoms with Gasteiger partial charge in [0, 0.05) is 18.7 Å². The molecular weight excluding hydrogens is 270 g/mol. The highest BCUT2D eigenvalue weighted by Gasteiger charge is 2.23. The Kier molecular flexibility index (Phi) is 3.43. The number of pyridine rings is 1. The van der Waals surface area contributed by atoms with Gasteiger partial charge in [-0.25, -0.2) is 4.98 Å². The maximum atomic E-state index is 9.31. The van der Waals surface area contributed by atoms with Crippen LogP contribution in [0.2, 0.25) is 5.15 Å². The number of benzene rings is 1. The monoisotopic (exact) mass is 283 g/mol. The molecule has 0 saturated heterocycles. The Morgan fingerprint density at radius 3 is 2.70 bits per heavy atom. The summed E-state index contributed by atoms with van der Waals surface area (Å²) in [5.41, 5.74) is 4.67. The van der Waals surface area contributed by atoms with E-state index in [2.05, 4.69) is 23.0 Å². The van der Waals surface area contributed by atoms with Crippen molar-refractivity contribution in [3.63, 3.8) is 0 Å². The van der Waals surface area contributed by atoms with Crippen LogP contribution in [-0.2, 0) is 13.0 Å². The Morgan fingerprint density at radius 2 is 2.00 bits per heavy atom. The summed E-state index contributed by atoms with van der Waals surface area (Å²) in [5, 5.41) is 9.63. The number of halogens is 1. The van der Waals surface area contributed by atoms with Gasteiger partial charge in [-0.05, 0) is 24.6 Å². The minimum Gasteiger partial charge on any atom is -0.302 e. The average molecular weight is 284 g/mol. The summed E-state index contributed by atoms with van der Waals surface area (Å²) in [6.45, 7) is 1.74. The molecule has 0 N–H and O–H groups in total. The molecule has 1 aliphatic rings. The van der Waals surface area contributed by atoms with Crippen LogP contribution in [0.4, 0.5) is 0 Å². The zero-order valence-corrected chi connectivity index (χ0v) is 12.0. The Hall–Kier alpha value is -1.89. The number of aromatic nitrogens is 1. The van der Waals surface area contributed by atoms with Gasteiger partial charge in [0.1, 0.15) is 11.2 Å². The van der Waals surface area contributed by atoms with Gasteiger partial charge < -0.3 is 4.90 Å². The second-order valence-electron chi connectivity index (χ2n) is 5.05. The van der Waals surface area contributed by atoms with Crippen molar-refractivity contribution < 1.29 is 0 Å². The molecule has 0 saturated carbocycles. The number of hydrogen-bond acceptors (Lipinski definition) is 3. The molecule has 3 nitrogen and oxygen atoms in total. The van der Waals surface area contributed by atoms with Gasteiger partial charge in [0.15, 0.2) is 0 Å². The van der Waals surface area contributed by atoms with E-state index in [9.17, 15) is 5.26 Å². The molecule has 0 radical (unpaired) electrons. The molecule has 0 aliphatic carbocycles. The van der Waals surface area contributed by atoms with E-state index in [0.717, 1.165) is 41.9 Å². The van der Waals surface area contributed by atoms with Gasteiger partial charge in [-0.3, -0.25) is 0 Å². The van der Waals surface area contributed by atoms with E-state index < -0.39 is 0 Å². The quantitative estimate of drug-likeness (QED) is 0.754. The molecular formula is C16H14ClN3. The van der Waals surface area contributed by atoms with Crippen molar-refractivity contribution in [1.82, 2.24) is 9.88 Å². The molecule has 100 valence electrons. The molecule has 1 aromatic heterocycles. The Labute approximate surface area is 123 Å². The zero-order valence-electron chi connectivity index (χ0n) is 11.2. The van der Waals surface area contributed by atoms with Crippen molar-refractivity contribution in [2.24, 2.45) is 0 Å². The summed E-state index contributed by atoms with van der Waals surface area (Å²) in [6.07, 6.45) is 0.844. The lowest BCUT2D eigenvalue weighted by Crippen LogP contribution is -2.28. The molecule has 1 aliphatic heterocycles. The number of fused-ring (bicyclic) bond motifs is 1. The van der Waals surface area contributed by atoms with Crippen LogP contribution in [0, 0.1) is 11.3 Å². The van der Waals surface area contributed by atoms with E-state index in [1.807, 2.05) is 30.3 Å². The number of likely N-dealkylation sites (N-methyl/N-ethyl adjacent to an activating group) is 1. The van der Waals surface area contributed by atoms with Gasteiger partial charge >= 0.3 is 0 Å². The highest BCUT2D eigenvalue weighted by Crippen LogP contribution is 2.33. The number of nitrogens with zero attached hydrogens (tertiary/aromatic N) is 3. The van der Waals surface area contributed by atoms with Crippen LogP contribution in [0.3, 0.4) is 0 Å². The van der Waals surface area contributed by atoms with Gasteiger partial charge in [-0.1, -0.05) is 41.9 Å². The summed E-state index contributed by atoms with van der Waals surface area (Å²) in [4.78, 5) is 6.72. The van der Waals surface area contributed by atoms with Crippen LogP contribution in [0.5, 0.6) is 0 Å². The van der Waals surface area contributed by atoms with Crippen molar-refractivity contribution in [3.8, 4) is 17.3 Å². The van der Waals surface area contributed by atoms with Crippen LogP contribution in [0.15, 0.2) is 30.3 Å². The van der Waals surface area contributed by atoms with Gasteiger partial charge in [-0.2, -0.15) is 5.26 Å². The number of rotatable bonds is 1. The van der Waals surface area contributed by atoms with Gasteiger partial charge in [-0.15, -0.1) is 0 Å². The molecule has 0 unspecified atom stereocenters. The molecule has 4 heteroatoms. The van der Waals surface area contributed by atoms with Crippen molar-refractivity contribution in [2.45, 2.75) is 13.0 Å². The summed E-state index contributed by atoms with van der Waals surface area (Å²) in [6, 6.07) is 12.2. The molecule has 0 spiro atoms. The fraction of sp³-hybridized carbons (Fsp3) is 0.250. The predicted molar refractivity (Wildman–Crippen MR) is 79.4 cm³/mol. The van der Waals surface area contributed by atoms with Crippen LogP contribution in [0.1, 0.15) is 16.7 Å². The molecule has 1 aromatic carbocycles. The molecule has 0 amide bonds. The predicted octanol–water partition coefficient (Wildman–Crippen LogP) is 3.26. The molecule has 0 atom stereocenters. The standard InChI is InChI=1S/C16H14ClN3/c1-20-8-7-12-13(9-18)16(17)19-15(14(12)10-20)11-5-3-2-4-6-11/h2-6H,7-8,10H2,1H3. The first-order chi connectivity index (χ1) is 9.70. The summed E-state index contributed by atoms with van der Waals surface area (Å²) in [5.74, 6) is 0.